The van der Waals surface area contributed by atoms with Crippen LogP contribution < -0.4 is 20.1 Å². The summed E-state index contributed by atoms with van der Waals surface area (Å²) in [5.74, 6) is 0.726. The normalized spacial score (nSPS) is 12.3. The first-order valence-electron chi connectivity index (χ1n) is 8.25. The van der Waals surface area contributed by atoms with E-state index in [1.807, 2.05) is 0 Å². The van der Waals surface area contributed by atoms with E-state index in [1.54, 1.807) is 42.5 Å². The van der Waals surface area contributed by atoms with E-state index in [0.717, 1.165) is 0 Å². The lowest BCUT2D eigenvalue weighted by atomic mass is 10.2. The molecule has 2 N–H and O–H groups in total. The summed E-state index contributed by atoms with van der Waals surface area (Å²) < 4.78 is 24.6. The molecule has 0 bridgehead atoms. The fourth-order valence-corrected chi connectivity index (χ4v) is 2.54. The number of anilines is 3. The number of nitrogens with one attached hydrogen (secondary N) is 2. The highest BCUT2D eigenvalue weighted by molar-refractivity contribution is 6.03. The van der Waals surface area contributed by atoms with Crippen molar-refractivity contribution in [2.24, 2.45) is 0 Å². The molecule has 3 aromatic rings. The SMILES string of the molecule is O=C(Nc1ccc2c(c1)OCCO2)c1ccc(Nc2ccccc2F)nn1. The zero-order valence-corrected chi connectivity index (χ0v) is 14.1. The maximum Gasteiger partial charge on any atom is 0.276 e. The minimum absolute atomic E-state index is 0.129. The zero-order valence-electron chi connectivity index (χ0n) is 14.1. The number of amides is 1. The standard InChI is InChI=1S/C19H15FN4O3/c20-13-3-1-2-4-14(13)22-18-8-6-15(23-24-18)19(25)21-12-5-7-16-17(11-12)27-10-9-26-16/h1-8,11H,9-10H2,(H,21,25)(H,22,24). The molecule has 4 rings (SSSR count). The van der Waals surface area contributed by atoms with Crippen LogP contribution in [-0.2, 0) is 0 Å². The van der Waals surface area contributed by atoms with E-state index >= 15 is 0 Å². The molecule has 0 saturated heterocycles. The molecule has 0 radical (unpaired) electrons. The molecular weight excluding hydrogens is 351 g/mol. The monoisotopic (exact) mass is 366 g/mol. The Balaban J connectivity index is 1.44. The van der Waals surface area contributed by atoms with Crippen LogP contribution in [0.2, 0.25) is 0 Å². The number of benzene rings is 2. The van der Waals surface area contributed by atoms with Gasteiger partial charge in [0.1, 0.15) is 19.0 Å². The van der Waals surface area contributed by atoms with Crippen molar-refractivity contribution in [2.75, 3.05) is 23.8 Å². The number of nitrogens with zero attached hydrogens (tertiary/aromatic N) is 2. The highest BCUT2D eigenvalue weighted by Gasteiger charge is 2.14. The van der Waals surface area contributed by atoms with E-state index in [2.05, 4.69) is 20.8 Å². The van der Waals surface area contributed by atoms with Gasteiger partial charge in [-0.1, -0.05) is 12.1 Å². The van der Waals surface area contributed by atoms with Crippen LogP contribution in [0.5, 0.6) is 11.5 Å². The predicted molar refractivity (Wildman–Crippen MR) is 97.1 cm³/mol. The van der Waals surface area contributed by atoms with Crippen molar-refractivity contribution in [2.45, 2.75) is 0 Å². The Morgan fingerprint density at radius 1 is 0.963 bits per heavy atom. The molecule has 8 heteroatoms. The van der Waals surface area contributed by atoms with Crippen molar-refractivity contribution < 1.29 is 18.7 Å². The fraction of sp³-hybridized carbons (Fsp3) is 0.105. The first-order valence-corrected chi connectivity index (χ1v) is 8.25. The van der Waals surface area contributed by atoms with Crippen LogP contribution in [0.25, 0.3) is 0 Å². The second-order valence-corrected chi connectivity index (χ2v) is 5.72. The molecule has 1 amide bonds. The smallest absolute Gasteiger partial charge is 0.276 e. The number of rotatable bonds is 4. The number of carbonyl (C=O) groups excluding carboxylic acids is 1. The van der Waals surface area contributed by atoms with E-state index in [4.69, 9.17) is 9.47 Å². The van der Waals surface area contributed by atoms with Gasteiger partial charge in [0.15, 0.2) is 23.0 Å². The van der Waals surface area contributed by atoms with Gasteiger partial charge in [-0.2, -0.15) is 0 Å². The summed E-state index contributed by atoms with van der Waals surface area (Å²) in [7, 11) is 0. The van der Waals surface area contributed by atoms with Crippen LogP contribution in [0.1, 0.15) is 10.5 Å². The first-order chi connectivity index (χ1) is 13.2. The highest BCUT2D eigenvalue weighted by atomic mass is 19.1. The minimum Gasteiger partial charge on any atom is -0.486 e. The van der Waals surface area contributed by atoms with Crippen molar-refractivity contribution in [3.8, 4) is 11.5 Å². The van der Waals surface area contributed by atoms with Crippen molar-refractivity contribution >= 4 is 23.1 Å². The Morgan fingerprint density at radius 3 is 2.56 bits per heavy atom. The van der Waals surface area contributed by atoms with Gasteiger partial charge in [0, 0.05) is 11.8 Å². The summed E-state index contributed by atoms with van der Waals surface area (Å²) in [5.41, 5.74) is 0.962. The van der Waals surface area contributed by atoms with Gasteiger partial charge in [-0.3, -0.25) is 4.79 Å². The van der Waals surface area contributed by atoms with Gasteiger partial charge in [0.05, 0.1) is 5.69 Å². The number of para-hydroxylation sites is 1. The van der Waals surface area contributed by atoms with Gasteiger partial charge < -0.3 is 20.1 Å². The molecule has 7 nitrogen and oxygen atoms in total. The lowest BCUT2D eigenvalue weighted by molar-refractivity contribution is 0.102. The van der Waals surface area contributed by atoms with E-state index in [-0.39, 0.29) is 11.4 Å². The summed E-state index contributed by atoms with van der Waals surface area (Å²) in [6.45, 7) is 0.966. The Labute approximate surface area is 154 Å². The molecule has 0 fully saturated rings. The highest BCUT2D eigenvalue weighted by Crippen LogP contribution is 2.32. The molecule has 1 aliphatic heterocycles. The average molecular weight is 366 g/mol. The molecule has 0 saturated carbocycles. The number of hydrogen-bond acceptors (Lipinski definition) is 6. The summed E-state index contributed by atoms with van der Waals surface area (Å²) in [5, 5.41) is 13.3. The summed E-state index contributed by atoms with van der Waals surface area (Å²) in [6, 6.07) is 14.4. The zero-order chi connectivity index (χ0) is 18.6. The molecule has 2 heterocycles. The molecule has 1 aromatic heterocycles. The summed E-state index contributed by atoms with van der Waals surface area (Å²) in [4.78, 5) is 12.3. The molecule has 27 heavy (non-hydrogen) atoms. The number of ether oxygens (including phenoxy) is 2. The van der Waals surface area contributed by atoms with Gasteiger partial charge in [0.25, 0.3) is 5.91 Å². The molecule has 0 atom stereocenters. The van der Waals surface area contributed by atoms with Crippen LogP contribution in [0.15, 0.2) is 54.6 Å². The fourth-order valence-electron chi connectivity index (χ4n) is 2.54. The van der Waals surface area contributed by atoms with Crippen molar-refractivity contribution in [3.63, 3.8) is 0 Å². The summed E-state index contributed by atoms with van der Waals surface area (Å²) >= 11 is 0. The summed E-state index contributed by atoms with van der Waals surface area (Å²) in [6.07, 6.45) is 0. The van der Waals surface area contributed by atoms with E-state index in [9.17, 15) is 9.18 Å². The third-order valence-corrected chi connectivity index (χ3v) is 3.83. The number of halogens is 1. The number of carbonyl (C=O) groups is 1. The van der Waals surface area contributed by atoms with Crippen LogP contribution in [-0.4, -0.2) is 29.3 Å². The minimum atomic E-state index is -0.420. The Bertz CT molecular complexity index is 979. The molecule has 136 valence electrons. The molecule has 1 aliphatic rings. The largest absolute Gasteiger partial charge is 0.486 e. The maximum absolute atomic E-state index is 13.7. The van der Waals surface area contributed by atoms with Gasteiger partial charge >= 0.3 is 0 Å². The number of hydrogen-bond donors (Lipinski definition) is 2. The van der Waals surface area contributed by atoms with Crippen molar-refractivity contribution in [1.82, 2.24) is 10.2 Å². The Kier molecular flexibility index (Phi) is 4.52. The topological polar surface area (TPSA) is 85.4 Å². The number of aromatic nitrogens is 2. The van der Waals surface area contributed by atoms with Gasteiger partial charge in [-0.25, -0.2) is 4.39 Å². The van der Waals surface area contributed by atoms with Gasteiger partial charge in [-0.15, -0.1) is 10.2 Å². The Hall–Kier alpha value is -3.68. The average Bonchev–Trinajstić information content (AvgIpc) is 2.70. The Morgan fingerprint density at radius 2 is 1.78 bits per heavy atom. The second kappa shape index (κ2) is 7.28. The molecule has 0 spiro atoms. The molecular formula is C19H15FN4O3. The van der Waals surface area contributed by atoms with Crippen LogP contribution in [0.3, 0.4) is 0 Å². The lowest BCUT2D eigenvalue weighted by Crippen LogP contribution is -2.17. The first kappa shape index (κ1) is 16.8. The van der Waals surface area contributed by atoms with Gasteiger partial charge in [-0.05, 0) is 36.4 Å². The number of fused-ring (bicyclic) bond motifs is 1. The molecule has 2 aromatic carbocycles. The van der Waals surface area contributed by atoms with Crippen LogP contribution in [0.4, 0.5) is 21.6 Å². The van der Waals surface area contributed by atoms with E-state index in [1.165, 1.54) is 12.1 Å². The van der Waals surface area contributed by atoms with Gasteiger partial charge in [0.2, 0.25) is 0 Å². The van der Waals surface area contributed by atoms with Crippen LogP contribution in [0, 0.1) is 5.82 Å². The third-order valence-electron chi connectivity index (χ3n) is 3.83. The maximum atomic E-state index is 13.7. The quantitative estimate of drug-likeness (QED) is 0.736. The predicted octanol–water partition coefficient (Wildman–Crippen LogP) is 3.38. The molecule has 0 aliphatic carbocycles. The van der Waals surface area contributed by atoms with E-state index in [0.29, 0.717) is 36.2 Å². The lowest BCUT2D eigenvalue weighted by Gasteiger charge is -2.18. The van der Waals surface area contributed by atoms with Crippen molar-refractivity contribution in [3.05, 3.63) is 66.1 Å². The van der Waals surface area contributed by atoms with Crippen molar-refractivity contribution in [1.29, 1.82) is 0 Å². The second-order valence-electron chi connectivity index (χ2n) is 5.72. The molecule has 0 unspecified atom stereocenters. The van der Waals surface area contributed by atoms with Crippen LogP contribution >= 0.6 is 0 Å². The van der Waals surface area contributed by atoms with E-state index < -0.39 is 11.7 Å². The third kappa shape index (κ3) is 3.79.